The van der Waals surface area contributed by atoms with Crippen molar-refractivity contribution in [3.63, 3.8) is 0 Å². The van der Waals surface area contributed by atoms with Crippen LogP contribution >= 0.6 is 11.8 Å². The Morgan fingerprint density at radius 3 is 2.37 bits per heavy atom. The van der Waals surface area contributed by atoms with Gasteiger partial charge < -0.3 is 9.64 Å². The van der Waals surface area contributed by atoms with Gasteiger partial charge in [0.15, 0.2) is 5.16 Å². The van der Waals surface area contributed by atoms with E-state index in [2.05, 4.69) is 43.7 Å². The van der Waals surface area contributed by atoms with Gasteiger partial charge in [-0.05, 0) is 99.3 Å². The number of amides is 1. The van der Waals surface area contributed by atoms with E-state index < -0.39 is 0 Å². The molecule has 2 aromatic rings. The highest BCUT2D eigenvalue weighted by Gasteiger charge is 2.50. The Morgan fingerprint density at radius 1 is 0.976 bits per heavy atom. The largest absolute Gasteiger partial charge is 0.496 e. The number of aryl methyl sites for hydroxylation is 2. The van der Waals surface area contributed by atoms with E-state index >= 15 is 0 Å². The standard InChI is InChI=1S/C33H45N5O2S/c1-21-12-23(4-5-30(21)40-3)19-38-20-28(41-33-34-7-6-22(2)35-33)18-29(38)32(39)37-10-8-36(9-11-37)31-26-14-24-13-25(16-26)17-27(31)15-24/h4-7,12,24-29,31H,8-11,13-20H2,1-3H3/t24?,25?,26?,27?,28-,29-,31?/m0/s1. The van der Waals surface area contributed by atoms with E-state index in [0.717, 1.165) is 97.6 Å². The van der Waals surface area contributed by atoms with E-state index in [1.807, 2.05) is 25.3 Å². The third kappa shape index (κ3) is 5.64. The predicted octanol–water partition coefficient (Wildman–Crippen LogP) is 4.81. The zero-order valence-corrected chi connectivity index (χ0v) is 25.7. The van der Waals surface area contributed by atoms with Crippen LogP contribution in [0.3, 0.4) is 0 Å². The molecule has 1 amide bonds. The summed E-state index contributed by atoms with van der Waals surface area (Å²) < 4.78 is 5.49. The molecule has 4 aliphatic carbocycles. The Hall–Kier alpha value is -2.16. The fourth-order valence-corrected chi connectivity index (χ4v) is 10.4. The summed E-state index contributed by atoms with van der Waals surface area (Å²) in [7, 11) is 1.72. The van der Waals surface area contributed by atoms with Crippen LogP contribution in [0.25, 0.3) is 0 Å². The zero-order valence-electron chi connectivity index (χ0n) is 24.9. The molecule has 0 N–H and O–H groups in total. The third-order valence-corrected chi connectivity index (χ3v) is 11.8. The van der Waals surface area contributed by atoms with E-state index in [4.69, 9.17) is 4.74 Å². The molecule has 1 aromatic heterocycles. The Balaban J connectivity index is 1.03. The molecule has 4 saturated carbocycles. The van der Waals surface area contributed by atoms with Gasteiger partial charge in [0.2, 0.25) is 5.91 Å². The molecule has 7 nitrogen and oxygen atoms in total. The number of rotatable bonds is 7. The molecular weight excluding hydrogens is 530 g/mol. The lowest BCUT2D eigenvalue weighted by Crippen LogP contribution is -2.61. The minimum absolute atomic E-state index is 0.104. The highest BCUT2D eigenvalue weighted by Crippen LogP contribution is 2.55. The van der Waals surface area contributed by atoms with Crippen LogP contribution in [0.15, 0.2) is 35.6 Å². The lowest BCUT2D eigenvalue weighted by Gasteiger charge is -2.58. The lowest BCUT2D eigenvalue weighted by atomic mass is 9.54. The average Bonchev–Trinajstić information content (AvgIpc) is 3.34. The van der Waals surface area contributed by atoms with Crippen LogP contribution < -0.4 is 4.74 Å². The number of nitrogens with zero attached hydrogens (tertiary/aromatic N) is 5. The third-order valence-electron chi connectivity index (χ3n) is 10.8. The molecule has 6 fully saturated rings. The zero-order chi connectivity index (χ0) is 28.1. The maximum absolute atomic E-state index is 14.2. The average molecular weight is 576 g/mol. The number of piperazine rings is 1. The normalized spacial score (nSPS) is 33.4. The molecule has 0 unspecified atom stereocenters. The second-order valence-corrected chi connectivity index (χ2v) is 14.8. The van der Waals surface area contributed by atoms with Crippen LogP contribution in [0, 0.1) is 37.5 Å². The van der Waals surface area contributed by atoms with Gasteiger partial charge in [-0.1, -0.05) is 23.9 Å². The Morgan fingerprint density at radius 2 is 1.71 bits per heavy atom. The first-order valence-electron chi connectivity index (χ1n) is 15.8. The number of ether oxygens (including phenoxy) is 1. The first-order chi connectivity index (χ1) is 19.9. The second kappa shape index (κ2) is 11.5. The molecule has 6 aliphatic rings. The van der Waals surface area contributed by atoms with Crippen LogP contribution in [-0.4, -0.2) is 87.7 Å². The van der Waals surface area contributed by atoms with Crippen LogP contribution in [-0.2, 0) is 11.3 Å². The molecule has 41 heavy (non-hydrogen) atoms. The van der Waals surface area contributed by atoms with Crippen molar-refractivity contribution in [2.24, 2.45) is 23.7 Å². The van der Waals surface area contributed by atoms with Crippen LogP contribution in [0.4, 0.5) is 0 Å². The lowest BCUT2D eigenvalue weighted by molar-refractivity contribution is -0.140. The SMILES string of the molecule is COc1ccc(CN2C[C@@H](Sc3nccc(C)n3)C[C@H]2C(=O)N2CCN(C3C4CC5CC(C4)CC3C5)CC2)cc1C. The summed E-state index contributed by atoms with van der Waals surface area (Å²) in [5, 5.41) is 1.10. The summed E-state index contributed by atoms with van der Waals surface area (Å²) in [5.41, 5.74) is 3.34. The van der Waals surface area contributed by atoms with Gasteiger partial charge in [-0.2, -0.15) is 0 Å². The molecule has 0 radical (unpaired) electrons. The van der Waals surface area contributed by atoms with Crippen molar-refractivity contribution >= 4 is 17.7 Å². The predicted molar refractivity (Wildman–Crippen MR) is 162 cm³/mol. The van der Waals surface area contributed by atoms with E-state index in [1.54, 1.807) is 18.9 Å². The molecule has 0 spiro atoms. The van der Waals surface area contributed by atoms with Crippen molar-refractivity contribution in [3.05, 3.63) is 47.3 Å². The smallest absolute Gasteiger partial charge is 0.240 e. The molecule has 1 aromatic carbocycles. The molecule has 8 heteroatoms. The molecule has 2 saturated heterocycles. The summed E-state index contributed by atoms with van der Waals surface area (Å²) in [6.07, 6.45) is 10.0. The Bertz CT molecular complexity index is 1240. The summed E-state index contributed by atoms with van der Waals surface area (Å²) in [6.45, 7) is 9.53. The quantitative estimate of drug-likeness (QED) is 0.440. The minimum atomic E-state index is -0.104. The number of hydrogen-bond acceptors (Lipinski definition) is 7. The topological polar surface area (TPSA) is 61.8 Å². The fourth-order valence-electron chi connectivity index (χ4n) is 9.23. The van der Waals surface area contributed by atoms with Crippen LogP contribution in [0.5, 0.6) is 5.75 Å². The monoisotopic (exact) mass is 575 g/mol. The number of carbonyl (C=O) groups excluding carboxylic acids is 1. The van der Waals surface area contributed by atoms with Gasteiger partial charge in [0.05, 0.1) is 13.2 Å². The van der Waals surface area contributed by atoms with Crippen LogP contribution in [0.2, 0.25) is 0 Å². The van der Waals surface area contributed by atoms with E-state index in [0.29, 0.717) is 11.2 Å². The number of likely N-dealkylation sites (tertiary alicyclic amines) is 1. The van der Waals surface area contributed by atoms with Gasteiger partial charge in [0.25, 0.3) is 0 Å². The van der Waals surface area contributed by atoms with Gasteiger partial charge >= 0.3 is 0 Å². The maximum Gasteiger partial charge on any atom is 0.240 e. The van der Waals surface area contributed by atoms with Gasteiger partial charge in [0, 0.05) is 62.5 Å². The number of hydrogen-bond donors (Lipinski definition) is 0. The van der Waals surface area contributed by atoms with Gasteiger partial charge in [-0.25, -0.2) is 9.97 Å². The van der Waals surface area contributed by atoms with Gasteiger partial charge in [-0.15, -0.1) is 0 Å². The number of aromatic nitrogens is 2. The summed E-state index contributed by atoms with van der Waals surface area (Å²) in [5.74, 6) is 5.06. The number of benzene rings is 1. The molecule has 8 rings (SSSR count). The number of methoxy groups -OCH3 is 1. The van der Waals surface area contributed by atoms with Crippen molar-refractivity contribution in [2.45, 2.75) is 81.4 Å². The van der Waals surface area contributed by atoms with Gasteiger partial charge in [0.1, 0.15) is 5.75 Å². The summed E-state index contributed by atoms with van der Waals surface area (Å²) in [6, 6.07) is 9.00. The van der Waals surface area contributed by atoms with E-state index in [1.165, 1.54) is 37.7 Å². The van der Waals surface area contributed by atoms with Gasteiger partial charge in [-0.3, -0.25) is 14.6 Å². The van der Waals surface area contributed by atoms with Crippen molar-refractivity contribution < 1.29 is 9.53 Å². The minimum Gasteiger partial charge on any atom is -0.496 e. The summed E-state index contributed by atoms with van der Waals surface area (Å²) >= 11 is 1.73. The van der Waals surface area contributed by atoms with Crippen molar-refractivity contribution in [1.29, 1.82) is 0 Å². The Kier molecular flexibility index (Phi) is 7.76. The maximum atomic E-state index is 14.2. The van der Waals surface area contributed by atoms with E-state index in [9.17, 15) is 4.79 Å². The van der Waals surface area contributed by atoms with Crippen molar-refractivity contribution in [1.82, 2.24) is 24.7 Å². The molecular formula is C33H45N5O2S. The highest BCUT2D eigenvalue weighted by molar-refractivity contribution is 7.99. The number of thioether (sulfide) groups is 1. The van der Waals surface area contributed by atoms with Crippen molar-refractivity contribution in [3.8, 4) is 5.75 Å². The first-order valence-corrected chi connectivity index (χ1v) is 16.7. The fraction of sp³-hybridized carbons (Fsp3) is 0.667. The highest BCUT2D eigenvalue weighted by atomic mass is 32.2. The number of carbonyl (C=O) groups is 1. The molecule has 2 aliphatic heterocycles. The first kappa shape index (κ1) is 27.7. The van der Waals surface area contributed by atoms with Crippen molar-refractivity contribution in [2.75, 3.05) is 39.8 Å². The molecule has 4 bridgehead atoms. The summed E-state index contributed by atoms with van der Waals surface area (Å²) in [4.78, 5) is 30.7. The Labute approximate surface area is 249 Å². The molecule has 3 heterocycles. The molecule has 220 valence electrons. The van der Waals surface area contributed by atoms with Crippen LogP contribution in [0.1, 0.15) is 55.3 Å². The van der Waals surface area contributed by atoms with E-state index in [-0.39, 0.29) is 6.04 Å². The second-order valence-electron chi connectivity index (χ2n) is 13.5. The molecule has 2 atom stereocenters.